The maximum absolute atomic E-state index is 8.68. The summed E-state index contributed by atoms with van der Waals surface area (Å²) in [5, 5.41) is 10.0. The first kappa shape index (κ1) is 9.62. The molecule has 0 atom stereocenters. The number of rotatable bonds is 2. The van der Waals surface area contributed by atoms with Crippen LogP contribution in [0.25, 0.3) is 0 Å². The second-order valence-corrected chi connectivity index (χ2v) is 3.59. The van der Waals surface area contributed by atoms with Gasteiger partial charge in [-0.1, -0.05) is 6.07 Å². The maximum Gasteiger partial charge on any atom is 0.193 e. The molecular weight excluding hydrogens is 208 g/mol. The summed E-state index contributed by atoms with van der Waals surface area (Å²) in [6, 6.07) is 9.01. The summed E-state index contributed by atoms with van der Waals surface area (Å²) in [5.41, 5.74) is 0.399. The lowest BCUT2D eigenvalue weighted by molar-refractivity contribution is 0.959. The number of nitrogens with zero attached hydrogens (tertiary/aromatic N) is 4. The summed E-state index contributed by atoms with van der Waals surface area (Å²) in [4.78, 5) is 12.2. The van der Waals surface area contributed by atoms with Gasteiger partial charge in [0.05, 0.1) is 0 Å². The number of hydrogen-bond donors (Lipinski definition) is 0. The minimum atomic E-state index is 0.399. The molecule has 5 heteroatoms. The fourth-order valence-electron chi connectivity index (χ4n) is 0.966. The summed E-state index contributed by atoms with van der Waals surface area (Å²) in [6.07, 6.45) is 3.34. The molecule has 0 amide bonds. The second-order valence-electron chi connectivity index (χ2n) is 2.61. The normalized spacial score (nSPS) is 9.53. The van der Waals surface area contributed by atoms with Crippen LogP contribution in [0.3, 0.4) is 0 Å². The first-order chi connectivity index (χ1) is 7.38. The van der Waals surface area contributed by atoms with Crippen LogP contribution in [0.1, 0.15) is 5.69 Å². The van der Waals surface area contributed by atoms with Gasteiger partial charge in [-0.05, 0) is 30.0 Å². The van der Waals surface area contributed by atoms with E-state index in [1.165, 1.54) is 11.8 Å². The van der Waals surface area contributed by atoms with E-state index in [4.69, 9.17) is 5.26 Å². The van der Waals surface area contributed by atoms with Crippen molar-refractivity contribution in [2.24, 2.45) is 0 Å². The Morgan fingerprint density at radius 2 is 1.93 bits per heavy atom. The molecule has 0 radical (unpaired) electrons. The van der Waals surface area contributed by atoms with Gasteiger partial charge in [0, 0.05) is 12.4 Å². The van der Waals surface area contributed by atoms with Gasteiger partial charge in [0.25, 0.3) is 0 Å². The zero-order valence-electron chi connectivity index (χ0n) is 7.66. The van der Waals surface area contributed by atoms with Crippen molar-refractivity contribution in [3.63, 3.8) is 0 Å². The Kier molecular flexibility index (Phi) is 2.90. The minimum absolute atomic E-state index is 0.399. The Morgan fingerprint density at radius 3 is 2.67 bits per heavy atom. The highest BCUT2D eigenvalue weighted by Gasteiger charge is 2.01. The SMILES string of the molecule is N#Cc1cccc(Sc2ncccn2)n1. The molecule has 0 aliphatic heterocycles. The van der Waals surface area contributed by atoms with Crippen molar-refractivity contribution in [2.45, 2.75) is 10.2 Å². The number of hydrogen-bond acceptors (Lipinski definition) is 5. The average Bonchev–Trinajstić information content (AvgIpc) is 2.31. The topological polar surface area (TPSA) is 62.5 Å². The molecule has 0 bridgehead atoms. The van der Waals surface area contributed by atoms with E-state index in [-0.39, 0.29) is 0 Å². The molecule has 72 valence electrons. The predicted molar refractivity (Wildman–Crippen MR) is 55.1 cm³/mol. The zero-order chi connectivity index (χ0) is 10.5. The van der Waals surface area contributed by atoms with Crippen LogP contribution in [0.4, 0.5) is 0 Å². The lowest BCUT2D eigenvalue weighted by Gasteiger charge is -1.97. The Balaban J connectivity index is 2.22. The van der Waals surface area contributed by atoms with Crippen LogP contribution in [0.5, 0.6) is 0 Å². The monoisotopic (exact) mass is 214 g/mol. The van der Waals surface area contributed by atoms with Crippen molar-refractivity contribution in [3.05, 3.63) is 42.4 Å². The second kappa shape index (κ2) is 4.53. The molecule has 0 fully saturated rings. The van der Waals surface area contributed by atoms with Crippen LogP contribution >= 0.6 is 11.8 Å². The van der Waals surface area contributed by atoms with E-state index in [1.807, 2.05) is 12.1 Å². The van der Waals surface area contributed by atoms with Gasteiger partial charge >= 0.3 is 0 Å². The highest BCUT2D eigenvalue weighted by atomic mass is 32.2. The molecule has 0 N–H and O–H groups in total. The molecule has 15 heavy (non-hydrogen) atoms. The Hall–Kier alpha value is -1.93. The van der Waals surface area contributed by atoms with Crippen LogP contribution < -0.4 is 0 Å². The van der Waals surface area contributed by atoms with Gasteiger partial charge in [0.1, 0.15) is 16.8 Å². The maximum atomic E-state index is 8.68. The summed E-state index contributed by atoms with van der Waals surface area (Å²) in [6.45, 7) is 0. The summed E-state index contributed by atoms with van der Waals surface area (Å²) < 4.78 is 0. The fourth-order valence-corrected chi connectivity index (χ4v) is 1.67. The van der Waals surface area contributed by atoms with Crippen molar-refractivity contribution in [3.8, 4) is 6.07 Å². The molecule has 2 aromatic rings. The summed E-state index contributed by atoms with van der Waals surface area (Å²) in [7, 11) is 0. The predicted octanol–water partition coefficient (Wildman–Crippen LogP) is 1.89. The van der Waals surface area contributed by atoms with Crippen LogP contribution in [-0.2, 0) is 0 Å². The lowest BCUT2D eigenvalue weighted by Crippen LogP contribution is -1.87. The quantitative estimate of drug-likeness (QED) is 0.714. The molecule has 0 aliphatic rings. The highest BCUT2D eigenvalue weighted by molar-refractivity contribution is 7.99. The zero-order valence-corrected chi connectivity index (χ0v) is 8.48. The van der Waals surface area contributed by atoms with Crippen molar-refractivity contribution in [1.82, 2.24) is 15.0 Å². The third kappa shape index (κ3) is 2.51. The van der Waals surface area contributed by atoms with E-state index in [2.05, 4.69) is 15.0 Å². The lowest BCUT2D eigenvalue weighted by atomic mass is 10.4. The largest absolute Gasteiger partial charge is 0.231 e. The van der Waals surface area contributed by atoms with Crippen molar-refractivity contribution >= 4 is 11.8 Å². The van der Waals surface area contributed by atoms with E-state index in [1.54, 1.807) is 30.6 Å². The number of pyridine rings is 1. The first-order valence-corrected chi connectivity index (χ1v) is 5.02. The van der Waals surface area contributed by atoms with Gasteiger partial charge in [-0.3, -0.25) is 0 Å². The van der Waals surface area contributed by atoms with Gasteiger partial charge in [-0.15, -0.1) is 0 Å². The van der Waals surface area contributed by atoms with Crippen LogP contribution in [0, 0.1) is 11.3 Å². The van der Waals surface area contributed by atoms with Crippen LogP contribution in [0.15, 0.2) is 46.8 Å². The molecule has 2 aromatic heterocycles. The van der Waals surface area contributed by atoms with Gasteiger partial charge in [0.15, 0.2) is 5.16 Å². The summed E-state index contributed by atoms with van der Waals surface area (Å²) in [5.74, 6) is 0. The smallest absolute Gasteiger partial charge is 0.193 e. The molecule has 4 nitrogen and oxygen atoms in total. The first-order valence-electron chi connectivity index (χ1n) is 4.20. The molecule has 0 saturated heterocycles. The molecule has 0 unspecified atom stereocenters. The number of nitriles is 1. The third-order valence-electron chi connectivity index (χ3n) is 1.58. The van der Waals surface area contributed by atoms with E-state index in [9.17, 15) is 0 Å². The van der Waals surface area contributed by atoms with Gasteiger partial charge < -0.3 is 0 Å². The third-order valence-corrected chi connectivity index (χ3v) is 2.41. The molecule has 0 spiro atoms. The van der Waals surface area contributed by atoms with Crippen LogP contribution in [0.2, 0.25) is 0 Å². The molecule has 0 aromatic carbocycles. The molecular formula is C10H6N4S. The van der Waals surface area contributed by atoms with E-state index in [0.717, 1.165) is 5.03 Å². The van der Waals surface area contributed by atoms with Gasteiger partial charge in [-0.2, -0.15) is 5.26 Å². The van der Waals surface area contributed by atoms with Gasteiger partial charge in [0.2, 0.25) is 0 Å². The van der Waals surface area contributed by atoms with Crippen LogP contribution in [-0.4, -0.2) is 15.0 Å². The van der Waals surface area contributed by atoms with E-state index in [0.29, 0.717) is 10.9 Å². The van der Waals surface area contributed by atoms with Gasteiger partial charge in [-0.25, -0.2) is 15.0 Å². The van der Waals surface area contributed by atoms with Crippen molar-refractivity contribution in [2.75, 3.05) is 0 Å². The van der Waals surface area contributed by atoms with E-state index >= 15 is 0 Å². The van der Waals surface area contributed by atoms with E-state index < -0.39 is 0 Å². The molecule has 0 aliphatic carbocycles. The summed E-state index contributed by atoms with van der Waals surface area (Å²) >= 11 is 1.33. The molecule has 2 rings (SSSR count). The fraction of sp³-hybridized carbons (Fsp3) is 0. The Morgan fingerprint density at radius 1 is 1.13 bits per heavy atom. The average molecular weight is 214 g/mol. The van der Waals surface area contributed by atoms with Crippen molar-refractivity contribution in [1.29, 1.82) is 5.26 Å². The van der Waals surface area contributed by atoms with Crippen molar-refractivity contribution < 1.29 is 0 Å². The highest BCUT2D eigenvalue weighted by Crippen LogP contribution is 2.21. The Bertz CT molecular complexity index is 492. The molecule has 2 heterocycles. The minimum Gasteiger partial charge on any atom is -0.231 e. The molecule has 0 saturated carbocycles. The standard InChI is InChI=1S/C10H6N4S/c11-7-8-3-1-4-9(14-8)15-10-12-5-2-6-13-10/h1-6H. The number of aromatic nitrogens is 3. The Labute approximate surface area is 91.0 Å².